The first kappa shape index (κ1) is 16.4. The van der Waals surface area contributed by atoms with E-state index in [0.29, 0.717) is 0 Å². The van der Waals surface area contributed by atoms with Crippen molar-refractivity contribution >= 4 is 0 Å². The van der Waals surface area contributed by atoms with Gasteiger partial charge in [-0.15, -0.1) is 0 Å². The topological polar surface area (TPSA) is 3.24 Å². The van der Waals surface area contributed by atoms with Gasteiger partial charge in [0, 0.05) is 12.6 Å². The second kappa shape index (κ2) is 6.36. The van der Waals surface area contributed by atoms with E-state index in [1.165, 1.54) is 45.2 Å². The van der Waals surface area contributed by atoms with Crippen LogP contribution in [-0.4, -0.2) is 24.0 Å². The summed E-state index contributed by atoms with van der Waals surface area (Å²) in [5.74, 6) is 2.26. The van der Waals surface area contributed by atoms with E-state index in [1.54, 1.807) is 51.4 Å². The summed E-state index contributed by atoms with van der Waals surface area (Å²) < 4.78 is 0. The molecule has 4 fully saturated rings. The number of hydrogen-bond acceptors (Lipinski definition) is 1. The Morgan fingerprint density at radius 2 is 1.43 bits per heavy atom. The molecule has 1 heterocycles. The predicted octanol–water partition coefficient (Wildman–Crippen LogP) is 6.03. The molecule has 0 aromatic rings. The smallest absolute Gasteiger partial charge is 0.0101 e. The van der Waals surface area contributed by atoms with Gasteiger partial charge in [0.1, 0.15) is 0 Å². The van der Waals surface area contributed by atoms with Crippen LogP contribution in [0.25, 0.3) is 0 Å². The first-order valence-corrected chi connectivity index (χ1v) is 10.9. The number of nitrogens with zero attached hydrogens (tertiary/aromatic N) is 1. The van der Waals surface area contributed by atoms with Crippen LogP contribution in [0.1, 0.15) is 97.3 Å². The summed E-state index contributed by atoms with van der Waals surface area (Å²) in [4.78, 5) is 2.95. The Labute approximate surface area is 144 Å². The molecule has 1 aliphatic heterocycles. The SMILES string of the molecule is CCCC1(CCC)CCC2(CCN(C3CC4CCC4C3)C2)CC1. The monoisotopic (exact) mass is 317 g/mol. The third kappa shape index (κ3) is 3.00. The van der Waals surface area contributed by atoms with Gasteiger partial charge in [0.2, 0.25) is 0 Å². The maximum atomic E-state index is 2.95. The number of fused-ring (bicyclic) bond motifs is 1. The minimum Gasteiger partial charge on any atom is -0.300 e. The Morgan fingerprint density at radius 3 is 1.96 bits per heavy atom. The zero-order chi connectivity index (χ0) is 15.9. The standard InChI is InChI=1S/C22H39N/c1-3-7-21(8-4-2)9-11-22(12-10-21)13-14-23(17-22)20-15-18-5-6-19(18)16-20/h18-20H,3-17H2,1-2H3. The third-order valence-electron chi connectivity index (χ3n) is 8.64. The molecule has 0 radical (unpaired) electrons. The normalized spacial score (nSPS) is 38.6. The largest absolute Gasteiger partial charge is 0.300 e. The van der Waals surface area contributed by atoms with Crippen LogP contribution in [0.3, 0.4) is 0 Å². The van der Waals surface area contributed by atoms with Gasteiger partial charge in [-0.2, -0.15) is 0 Å². The van der Waals surface area contributed by atoms with Gasteiger partial charge in [-0.1, -0.05) is 26.7 Å². The summed E-state index contributed by atoms with van der Waals surface area (Å²) in [7, 11) is 0. The third-order valence-corrected chi connectivity index (χ3v) is 8.64. The van der Waals surface area contributed by atoms with Gasteiger partial charge in [-0.3, -0.25) is 4.90 Å². The van der Waals surface area contributed by atoms with Crippen molar-refractivity contribution in [3.05, 3.63) is 0 Å². The molecule has 1 heteroatoms. The Bertz CT molecular complexity index is 386. The summed E-state index contributed by atoms with van der Waals surface area (Å²) in [6.07, 6.45) is 19.7. The second-order valence-electron chi connectivity index (χ2n) is 9.94. The van der Waals surface area contributed by atoms with Crippen LogP contribution in [0.15, 0.2) is 0 Å². The Hall–Kier alpha value is -0.0400. The maximum Gasteiger partial charge on any atom is 0.0101 e. The van der Waals surface area contributed by atoms with Crippen LogP contribution in [0.4, 0.5) is 0 Å². The number of hydrogen-bond donors (Lipinski definition) is 0. The van der Waals surface area contributed by atoms with Gasteiger partial charge in [0.25, 0.3) is 0 Å². The fraction of sp³-hybridized carbons (Fsp3) is 1.00. The Kier molecular flexibility index (Phi) is 4.54. The van der Waals surface area contributed by atoms with Crippen LogP contribution in [0, 0.1) is 22.7 Å². The first-order valence-electron chi connectivity index (χ1n) is 10.9. The molecule has 3 aliphatic carbocycles. The summed E-state index contributed by atoms with van der Waals surface area (Å²) in [5, 5.41) is 0. The molecular weight excluding hydrogens is 278 g/mol. The first-order chi connectivity index (χ1) is 11.2. The van der Waals surface area contributed by atoms with Crippen LogP contribution in [0.5, 0.6) is 0 Å². The second-order valence-corrected chi connectivity index (χ2v) is 9.94. The zero-order valence-corrected chi connectivity index (χ0v) is 15.8. The van der Waals surface area contributed by atoms with Crippen molar-refractivity contribution in [3.63, 3.8) is 0 Å². The molecule has 0 bridgehead atoms. The quantitative estimate of drug-likeness (QED) is 0.598. The summed E-state index contributed by atoms with van der Waals surface area (Å²) in [5.41, 5.74) is 1.46. The highest BCUT2D eigenvalue weighted by atomic mass is 15.2. The van der Waals surface area contributed by atoms with Gasteiger partial charge >= 0.3 is 0 Å². The van der Waals surface area contributed by atoms with Crippen LogP contribution in [0.2, 0.25) is 0 Å². The van der Waals surface area contributed by atoms with Gasteiger partial charge in [0.05, 0.1) is 0 Å². The van der Waals surface area contributed by atoms with Crippen LogP contribution in [-0.2, 0) is 0 Å². The highest BCUT2D eigenvalue weighted by molar-refractivity contribution is 5.02. The predicted molar refractivity (Wildman–Crippen MR) is 98.6 cm³/mol. The van der Waals surface area contributed by atoms with E-state index in [0.717, 1.165) is 28.7 Å². The minimum absolute atomic E-state index is 0.729. The van der Waals surface area contributed by atoms with E-state index in [9.17, 15) is 0 Å². The average molecular weight is 318 g/mol. The van der Waals surface area contributed by atoms with Crippen molar-refractivity contribution in [2.45, 2.75) is 103 Å². The van der Waals surface area contributed by atoms with Crippen LogP contribution >= 0.6 is 0 Å². The molecule has 4 rings (SSSR count). The van der Waals surface area contributed by atoms with E-state index in [1.807, 2.05) is 0 Å². The molecule has 2 atom stereocenters. The molecule has 0 aromatic heterocycles. The van der Waals surface area contributed by atoms with Gasteiger partial charge < -0.3 is 0 Å². The number of likely N-dealkylation sites (tertiary alicyclic amines) is 1. The molecule has 1 saturated heterocycles. The van der Waals surface area contributed by atoms with E-state index >= 15 is 0 Å². The molecule has 0 aromatic carbocycles. The molecule has 1 spiro atoms. The molecule has 132 valence electrons. The lowest BCUT2D eigenvalue weighted by Gasteiger charge is -2.45. The van der Waals surface area contributed by atoms with Crippen molar-refractivity contribution < 1.29 is 0 Å². The fourth-order valence-electron chi connectivity index (χ4n) is 7.04. The highest BCUT2D eigenvalue weighted by Gasteiger charge is 2.49. The van der Waals surface area contributed by atoms with Gasteiger partial charge in [0.15, 0.2) is 0 Å². The fourth-order valence-corrected chi connectivity index (χ4v) is 7.04. The van der Waals surface area contributed by atoms with E-state index in [-0.39, 0.29) is 0 Å². The van der Waals surface area contributed by atoms with Crippen molar-refractivity contribution in [1.82, 2.24) is 4.90 Å². The summed E-state index contributed by atoms with van der Waals surface area (Å²) in [6.45, 7) is 7.69. The van der Waals surface area contributed by atoms with Gasteiger partial charge in [-0.05, 0) is 99.8 Å². The Morgan fingerprint density at radius 1 is 0.826 bits per heavy atom. The molecule has 1 nitrogen and oxygen atoms in total. The van der Waals surface area contributed by atoms with Crippen LogP contribution < -0.4 is 0 Å². The molecule has 0 N–H and O–H groups in total. The molecule has 3 saturated carbocycles. The van der Waals surface area contributed by atoms with E-state index in [4.69, 9.17) is 0 Å². The van der Waals surface area contributed by atoms with Crippen molar-refractivity contribution in [3.8, 4) is 0 Å². The molecule has 4 aliphatic rings. The summed E-state index contributed by atoms with van der Waals surface area (Å²) >= 11 is 0. The lowest BCUT2D eigenvalue weighted by molar-refractivity contribution is 0.0608. The molecule has 0 amide bonds. The lowest BCUT2D eigenvalue weighted by Crippen LogP contribution is -2.38. The van der Waals surface area contributed by atoms with E-state index < -0.39 is 0 Å². The summed E-state index contributed by atoms with van der Waals surface area (Å²) in [6, 6.07) is 0.977. The lowest BCUT2D eigenvalue weighted by atomic mass is 9.60. The number of rotatable bonds is 5. The average Bonchev–Trinajstić information content (AvgIpc) is 3.06. The zero-order valence-electron chi connectivity index (χ0n) is 15.8. The highest BCUT2D eigenvalue weighted by Crippen LogP contribution is 2.55. The molecule has 2 unspecified atom stereocenters. The van der Waals surface area contributed by atoms with Crippen molar-refractivity contribution in [2.75, 3.05) is 13.1 Å². The Balaban J connectivity index is 1.34. The minimum atomic E-state index is 0.729. The van der Waals surface area contributed by atoms with Crippen molar-refractivity contribution in [2.24, 2.45) is 22.7 Å². The molecule has 23 heavy (non-hydrogen) atoms. The molecular formula is C22H39N. The van der Waals surface area contributed by atoms with Gasteiger partial charge in [-0.25, -0.2) is 0 Å². The maximum absolute atomic E-state index is 2.95. The van der Waals surface area contributed by atoms with Crippen molar-refractivity contribution in [1.29, 1.82) is 0 Å². The van der Waals surface area contributed by atoms with E-state index in [2.05, 4.69) is 18.7 Å².